The van der Waals surface area contributed by atoms with Crippen LogP contribution in [0.3, 0.4) is 0 Å². The lowest BCUT2D eigenvalue weighted by Gasteiger charge is -2.76. The van der Waals surface area contributed by atoms with E-state index in [4.69, 9.17) is 0 Å². The summed E-state index contributed by atoms with van der Waals surface area (Å²) in [6.07, 6.45) is 4.81. The van der Waals surface area contributed by atoms with Crippen LogP contribution in [0, 0.1) is 27.1 Å². The largest absolute Gasteiger partial charge is 0.296 e. The Labute approximate surface area is 209 Å². The van der Waals surface area contributed by atoms with Crippen molar-refractivity contribution in [3.05, 3.63) is 0 Å². The Morgan fingerprint density at radius 2 is 0.485 bits per heavy atom. The maximum absolute atomic E-state index is 2.70. The van der Waals surface area contributed by atoms with Gasteiger partial charge in [-0.3, -0.25) is 9.80 Å². The summed E-state index contributed by atoms with van der Waals surface area (Å²) in [5.74, 6) is 0. The van der Waals surface area contributed by atoms with Crippen LogP contribution in [0.2, 0.25) is 0 Å². The molecule has 0 N–H and O–H groups in total. The number of likely N-dealkylation sites (tertiary alicyclic amines) is 2. The topological polar surface area (TPSA) is 6.48 Å². The van der Waals surface area contributed by atoms with Crippen LogP contribution in [0.4, 0.5) is 0 Å². The van der Waals surface area contributed by atoms with Crippen LogP contribution in [0.15, 0.2) is 0 Å². The highest BCUT2D eigenvalue weighted by Crippen LogP contribution is 2.76. The highest BCUT2D eigenvalue weighted by atomic mass is 15.2. The van der Waals surface area contributed by atoms with Crippen LogP contribution in [-0.4, -0.2) is 46.1 Å². The standard InChI is InChI=1S/C31H62N2/c1-23(2)19-27(9,10)32(17)28(11,12)20-24(3,4)31(23)25(5,6)21-29(13,14)33(18)30(15,16)22-26(31,7)8/h19-22H2,1-18H3. The number of nitrogens with zero attached hydrogens (tertiary/aromatic N) is 2. The Hall–Kier alpha value is -0.0800. The minimum Gasteiger partial charge on any atom is -0.296 e. The SMILES string of the molecule is CN1C(C)(C)CC(C)(C)C2(C(C)(C)CC1(C)C)C(C)(C)CC(C)(C)N(C)C(C)(C)CC2(C)C. The summed E-state index contributed by atoms with van der Waals surface area (Å²) in [4.78, 5) is 5.39. The zero-order valence-electron chi connectivity index (χ0n) is 26.2. The molecule has 0 radical (unpaired) electrons. The summed E-state index contributed by atoms with van der Waals surface area (Å²) in [5, 5.41) is 0. The van der Waals surface area contributed by atoms with Crippen molar-refractivity contribution < 1.29 is 0 Å². The molecule has 0 atom stereocenters. The van der Waals surface area contributed by atoms with Crippen molar-refractivity contribution >= 4 is 0 Å². The molecule has 0 saturated carbocycles. The highest BCUT2D eigenvalue weighted by molar-refractivity contribution is 5.22. The number of hydrogen-bond acceptors (Lipinski definition) is 2. The molecule has 0 aliphatic carbocycles. The quantitative estimate of drug-likeness (QED) is 0.355. The van der Waals surface area contributed by atoms with Crippen molar-refractivity contribution in [2.45, 2.75) is 159 Å². The van der Waals surface area contributed by atoms with Crippen LogP contribution in [-0.2, 0) is 0 Å². The molecule has 2 fully saturated rings. The van der Waals surface area contributed by atoms with Gasteiger partial charge >= 0.3 is 0 Å². The number of rotatable bonds is 0. The zero-order chi connectivity index (χ0) is 26.5. The summed E-state index contributed by atoms with van der Waals surface area (Å²) in [6.45, 7) is 41.0. The van der Waals surface area contributed by atoms with Gasteiger partial charge < -0.3 is 0 Å². The predicted octanol–water partition coefficient (Wildman–Crippen LogP) is 8.64. The van der Waals surface area contributed by atoms with E-state index in [1.54, 1.807) is 0 Å². The fraction of sp³-hybridized carbons (Fsp3) is 1.00. The molecule has 1 spiro atoms. The molecule has 2 heteroatoms. The zero-order valence-corrected chi connectivity index (χ0v) is 26.2. The molecule has 0 aromatic heterocycles. The lowest BCUT2D eigenvalue weighted by atomic mass is 9.31. The molecule has 2 nitrogen and oxygen atoms in total. The third-order valence-electron chi connectivity index (χ3n) is 11.2. The molecule has 0 bridgehead atoms. The van der Waals surface area contributed by atoms with Crippen molar-refractivity contribution in [1.82, 2.24) is 9.80 Å². The normalized spacial score (nSPS) is 34.0. The summed E-state index contributed by atoms with van der Waals surface area (Å²) in [7, 11) is 4.75. The van der Waals surface area contributed by atoms with Gasteiger partial charge in [-0.1, -0.05) is 55.4 Å². The van der Waals surface area contributed by atoms with Gasteiger partial charge in [0, 0.05) is 22.2 Å². The van der Waals surface area contributed by atoms with Gasteiger partial charge in [-0.05, 0) is 122 Å². The highest BCUT2D eigenvalue weighted by Gasteiger charge is 2.72. The predicted molar refractivity (Wildman–Crippen MR) is 148 cm³/mol. The Kier molecular flexibility index (Phi) is 6.60. The fourth-order valence-electron chi connectivity index (χ4n) is 12.5. The van der Waals surface area contributed by atoms with E-state index >= 15 is 0 Å². The molecule has 2 heterocycles. The maximum atomic E-state index is 2.70. The van der Waals surface area contributed by atoms with Gasteiger partial charge in [0.1, 0.15) is 0 Å². The van der Waals surface area contributed by atoms with Gasteiger partial charge in [-0.15, -0.1) is 0 Å². The average Bonchev–Trinajstić information content (AvgIpc) is 2.45. The smallest absolute Gasteiger partial charge is 0.0160 e. The van der Waals surface area contributed by atoms with Crippen LogP contribution in [0.1, 0.15) is 136 Å². The second-order valence-corrected chi connectivity index (χ2v) is 17.4. The summed E-state index contributed by atoms with van der Waals surface area (Å²) < 4.78 is 0. The second-order valence-electron chi connectivity index (χ2n) is 17.4. The van der Waals surface area contributed by atoms with Crippen molar-refractivity contribution in [3.8, 4) is 0 Å². The molecular formula is C31H62N2. The van der Waals surface area contributed by atoms with Gasteiger partial charge in [0.15, 0.2) is 0 Å². The van der Waals surface area contributed by atoms with Gasteiger partial charge in [-0.25, -0.2) is 0 Å². The molecule has 0 amide bonds. The number of hydrogen-bond donors (Lipinski definition) is 0. The lowest BCUT2D eigenvalue weighted by Crippen LogP contribution is -2.74. The van der Waals surface area contributed by atoms with Gasteiger partial charge in [0.25, 0.3) is 0 Å². The van der Waals surface area contributed by atoms with E-state index in [0.29, 0.717) is 0 Å². The third kappa shape index (κ3) is 4.06. The van der Waals surface area contributed by atoms with Crippen molar-refractivity contribution in [2.75, 3.05) is 14.1 Å². The van der Waals surface area contributed by atoms with Crippen LogP contribution in [0.25, 0.3) is 0 Å². The van der Waals surface area contributed by atoms with Gasteiger partial charge in [0.05, 0.1) is 0 Å². The Bertz CT molecular complexity index is 617. The molecule has 0 aromatic rings. The molecule has 33 heavy (non-hydrogen) atoms. The average molecular weight is 463 g/mol. The van der Waals surface area contributed by atoms with Crippen molar-refractivity contribution in [3.63, 3.8) is 0 Å². The second kappa shape index (κ2) is 7.47. The molecule has 2 aliphatic rings. The maximum Gasteiger partial charge on any atom is 0.0160 e. The lowest BCUT2D eigenvalue weighted by molar-refractivity contribution is -0.277. The molecule has 0 unspecified atom stereocenters. The fourth-order valence-corrected chi connectivity index (χ4v) is 12.5. The Morgan fingerprint density at radius 1 is 0.333 bits per heavy atom. The molecule has 2 aliphatic heterocycles. The summed E-state index contributed by atoms with van der Waals surface area (Å²) in [6, 6.07) is 0. The van der Waals surface area contributed by atoms with Crippen molar-refractivity contribution in [1.29, 1.82) is 0 Å². The minimum absolute atomic E-state index is 0.131. The first kappa shape index (κ1) is 29.2. The molecular weight excluding hydrogens is 400 g/mol. The Morgan fingerprint density at radius 3 is 0.636 bits per heavy atom. The monoisotopic (exact) mass is 462 g/mol. The summed E-state index contributed by atoms with van der Waals surface area (Å²) >= 11 is 0. The third-order valence-corrected chi connectivity index (χ3v) is 11.2. The first-order valence-corrected chi connectivity index (χ1v) is 13.6. The van der Waals surface area contributed by atoms with Crippen molar-refractivity contribution in [2.24, 2.45) is 27.1 Å². The molecule has 0 aromatic carbocycles. The molecule has 196 valence electrons. The van der Waals surface area contributed by atoms with Crippen LogP contribution in [0.5, 0.6) is 0 Å². The molecule has 2 saturated heterocycles. The van der Waals surface area contributed by atoms with Crippen LogP contribution >= 0.6 is 0 Å². The summed E-state index contributed by atoms with van der Waals surface area (Å²) in [5.41, 5.74) is 1.27. The van der Waals surface area contributed by atoms with E-state index in [0.717, 1.165) is 0 Å². The van der Waals surface area contributed by atoms with Gasteiger partial charge in [-0.2, -0.15) is 0 Å². The van der Waals surface area contributed by atoms with E-state index in [1.165, 1.54) is 25.7 Å². The minimum atomic E-state index is 0.131. The van der Waals surface area contributed by atoms with E-state index in [1.807, 2.05) is 0 Å². The Balaban J connectivity index is 3.05. The first-order valence-electron chi connectivity index (χ1n) is 13.6. The van der Waals surface area contributed by atoms with Crippen LogP contribution < -0.4 is 0 Å². The van der Waals surface area contributed by atoms with E-state index in [-0.39, 0.29) is 49.2 Å². The van der Waals surface area contributed by atoms with E-state index < -0.39 is 0 Å². The van der Waals surface area contributed by atoms with E-state index in [2.05, 4.69) is 135 Å². The molecule has 2 rings (SSSR count). The van der Waals surface area contributed by atoms with Gasteiger partial charge in [0.2, 0.25) is 0 Å². The first-order chi connectivity index (χ1) is 14.1. The van der Waals surface area contributed by atoms with E-state index in [9.17, 15) is 0 Å².